The summed E-state index contributed by atoms with van der Waals surface area (Å²) in [6.07, 6.45) is 0. The molecule has 0 spiro atoms. The maximum Gasteiger partial charge on any atom is 0.322 e. The highest BCUT2D eigenvalue weighted by Gasteiger charge is 2.35. The van der Waals surface area contributed by atoms with Crippen molar-refractivity contribution in [1.82, 2.24) is 4.90 Å². The lowest BCUT2D eigenvalue weighted by atomic mass is 10.1. The predicted molar refractivity (Wildman–Crippen MR) is 122 cm³/mol. The van der Waals surface area contributed by atoms with Crippen LogP contribution in [0.1, 0.15) is 6.92 Å². The van der Waals surface area contributed by atoms with E-state index < -0.39 is 6.04 Å². The number of hydrogen-bond donors (Lipinski definition) is 1. The highest BCUT2D eigenvalue weighted by Crippen LogP contribution is 2.26. The molecule has 1 fully saturated rings. The summed E-state index contributed by atoms with van der Waals surface area (Å²) in [6, 6.07) is 22.9. The van der Waals surface area contributed by atoms with Gasteiger partial charge in [-0.25, -0.2) is 4.79 Å². The fourth-order valence-electron chi connectivity index (χ4n) is 3.48. The van der Waals surface area contributed by atoms with E-state index >= 15 is 0 Å². The summed E-state index contributed by atoms with van der Waals surface area (Å²) in [6.45, 7) is 2.56. The highest BCUT2D eigenvalue weighted by atomic mass is 35.5. The lowest BCUT2D eigenvalue weighted by Gasteiger charge is -2.39. The highest BCUT2D eigenvalue weighted by molar-refractivity contribution is 6.30. The smallest absolute Gasteiger partial charge is 0.322 e. The van der Waals surface area contributed by atoms with Gasteiger partial charge < -0.3 is 19.9 Å². The van der Waals surface area contributed by atoms with Crippen LogP contribution in [-0.4, -0.2) is 36.0 Å². The van der Waals surface area contributed by atoms with Gasteiger partial charge in [0, 0.05) is 29.5 Å². The van der Waals surface area contributed by atoms with Crippen molar-refractivity contribution in [2.45, 2.75) is 13.0 Å². The number of hydrogen-bond acceptors (Lipinski definition) is 3. The number of ether oxygens (including phenoxy) is 1. The Hall–Kier alpha value is -3.51. The molecule has 0 saturated carbocycles. The molecule has 7 heteroatoms. The monoisotopic (exact) mass is 435 g/mol. The van der Waals surface area contributed by atoms with Crippen molar-refractivity contribution in [2.24, 2.45) is 0 Å². The number of amides is 3. The molecule has 1 N–H and O–H groups in total. The van der Waals surface area contributed by atoms with Crippen LogP contribution in [-0.2, 0) is 4.79 Å². The number of urea groups is 1. The molecular weight excluding hydrogens is 414 g/mol. The third-order valence-electron chi connectivity index (χ3n) is 5.12. The fraction of sp³-hybridized carbons (Fsp3) is 0.167. The number of para-hydroxylation sites is 1. The zero-order chi connectivity index (χ0) is 21.8. The SMILES string of the molecule is CC1C(=O)N(c2ccc(Oc3ccccc3)cc2)CCN1C(=O)Nc1cccc(Cl)c1. The van der Waals surface area contributed by atoms with Gasteiger partial charge in [-0.1, -0.05) is 35.9 Å². The lowest BCUT2D eigenvalue weighted by Crippen LogP contribution is -2.58. The second-order valence-corrected chi connectivity index (χ2v) is 7.65. The number of carbonyl (C=O) groups excluding carboxylic acids is 2. The van der Waals surface area contributed by atoms with Gasteiger partial charge in [-0.05, 0) is 61.5 Å². The molecule has 1 heterocycles. The quantitative estimate of drug-likeness (QED) is 0.596. The van der Waals surface area contributed by atoms with Gasteiger partial charge in [0.2, 0.25) is 5.91 Å². The zero-order valence-corrected chi connectivity index (χ0v) is 17.8. The molecule has 4 rings (SSSR count). The summed E-state index contributed by atoms with van der Waals surface area (Å²) in [5.41, 5.74) is 1.36. The zero-order valence-electron chi connectivity index (χ0n) is 17.0. The van der Waals surface area contributed by atoms with E-state index in [0.717, 1.165) is 11.4 Å². The summed E-state index contributed by atoms with van der Waals surface area (Å²) >= 11 is 5.97. The molecular formula is C24H22ClN3O3. The lowest BCUT2D eigenvalue weighted by molar-refractivity contribution is -0.123. The van der Waals surface area contributed by atoms with Crippen molar-refractivity contribution in [3.8, 4) is 11.5 Å². The Morgan fingerprint density at radius 1 is 0.968 bits per heavy atom. The minimum absolute atomic E-state index is 0.135. The molecule has 1 aliphatic rings. The molecule has 3 aromatic carbocycles. The molecule has 1 atom stereocenters. The van der Waals surface area contributed by atoms with Gasteiger partial charge in [0.15, 0.2) is 0 Å². The number of benzene rings is 3. The van der Waals surface area contributed by atoms with Gasteiger partial charge in [0.25, 0.3) is 0 Å². The summed E-state index contributed by atoms with van der Waals surface area (Å²) in [5, 5.41) is 3.34. The number of carbonyl (C=O) groups is 2. The predicted octanol–water partition coefficient (Wildman–Crippen LogP) is 5.40. The largest absolute Gasteiger partial charge is 0.457 e. The molecule has 0 bridgehead atoms. The number of halogens is 1. The normalized spacial score (nSPS) is 16.2. The molecule has 0 radical (unpaired) electrons. The average molecular weight is 436 g/mol. The van der Waals surface area contributed by atoms with Crippen molar-refractivity contribution in [3.05, 3.63) is 83.9 Å². The van der Waals surface area contributed by atoms with E-state index in [2.05, 4.69) is 5.32 Å². The molecule has 0 aromatic heterocycles. The van der Waals surface area contributed by atoms with Gasteiger partial charge in [-0.15, -0.1) is 0 Å². The minimum atomic E-state index is -0.590. The van der Waals surface area contributed by atoms with Crippen LogP contribution < -0.4 is 15.0 Å². The van der Waals surface area contributed by atoms with E-state index in [1.165, 1.54) is 4.90 Å². The Balaban J connectivity index is 1.40. The number of nitrogens with one attached hydrogen (secondary N) is 1. The topological polar surface area (TPSA) is 61.9 Å². The number of anilines is 2. The average Bonchev–Trinajstić information content (AvgIpc) is 2.77. The maximum absolute atomic E-state index is 13.0. The van der Waals surface area contributed by atoms with Crippen LogP contribution in [0.3, 0.4) is 0 Å². The van der Waals surface area contributed by atoms with Crippen molar-refractivity contribution in [3.63, 3.8) is 0 Å². The molecule has 3 aromatic rings. The maximum atomic E-state index is 13.0. The fourth-order valence-corrected chi connectivity index (χ4v) is 3.67. The van der Waals surface area contributed by atoms with Gasteiger partial charge in [-0.2, -0.15) is 0 Å². The van der Waals surface area contributed by atoms with Crippen molar-refractivity contribution in [2.75, 3.05) is 23.3 Å². The Morgan fingerprint density at radius 3 is 2.39 bits per heavy atom. The molecule has 1 aliphatic heterocycles. The third-order valence-corrected chi connectivity index (χ3v) is 5.35. The summed E-state index contributed by atoms with van der Waals surface area (Å²) in [7, 11) is 0. The van der Waals surface area contributed by atoms with Crippen LogP contribution in [0.15, 0.2) is 78.9 Å². The molecule has 3 amide bonds. The molecule has 1 saturated heterocycles. The van der Waals surface area contributed by atoms with Crippen LogP contribution in [0, 0.1) is 0 Å². The van der Waals surface area contributed by atoms with Crippen molar-refractivity contribution >= 4 is 34.9 Å². The molecule has 1 unspecified atom stereocenters. The van der Waals surface area contributed by atoms with E-state index in [-0.39, 0.29) is 11.9 Å². The standard InChI is InChI=1S/C24H22ClN3O3/c1-17-23(29)28(15-14-27(17)24(30)26-19-7-5-6-18(25)16-19)20-10-12-22(13-11-20)31-21-8-3-2-4-9-21/h2-13,16-17H,14-15H2,1H3,(H,26,30). The van der Waals surface area contributed by atoms with E-state index in [9.17, 15) is 9.59 Å². The Labute approximate surface area is 186 Å². The van der Waals surface area contributed by atoms with E-state index in [4.69, 9.17) is 16.3 Å². The van der Waals surface area contributed by atoms with Crippen LogP contribution in [0.4, 0.5) is 16.2 Å². The summed E-state index contributed by atoms with van der Waals surface area (Å²) < 4.78 is 5.81. The second-order valence-electron chi connectivity index (χ2n) is 7.21. The van der Waals surface area contributed by atoms with Gasteiger partial charge >= 0.3 is 6.03 Å². The molecule has 158 valence electrons. The van der Waals surface area contributed by atoms with Gasteiger partial charge in [0.1, 0.15) is 17.5 Å². The van der Waals surface area contributed by atoms with E-state index in [1.807, 2.05) is 54.6 Å². The summed E-state index contributed by atoms with van der Waals surface area (Å²) in [5.74, 6) is 1.30. The Bertz CT molecular complexity index is 1070. The molecule has 6 nitrogen and oxygen atoms in total. The first-order valence-corrected chi connectivity index (χ1v) is 10.4. The van der Waals surface area contributed by atoms with Crippen molar-refractivity contribution < 1.29 is 14.3 Å². The van der Waals surface area contributed by atoms with Gasteiger partial charge in [0.05, 0.1) is 0 Å². The number of rotatable bonds is 4. The van der Waals surface area contributed by atoms with Crippen LogP contribution in [0.5, 0.6) is 11.5 Å². The minimum Gasteiger partial charge on any atom is -0.457 e. The number of piperazine rings is 1. The van der Waals surface area contributed by atoms with Gasteiger partial charge in [-0.3, -0.25) is 4.79 Å². The van der Waals surface area contributed by atoms with Crippen LogP contribution in [0.25, 0.3) is 0 Å². The van der Waals surface area contributed by atoms with Crippen molar-refractivity contribution in [1.29, 1.82) is 0 Å². The third kappa shape index (κ3) is 4.81. The summed E-state index contributed by atoms with van der Waals surface area (Å²) in [4.78, 5) is 28.9. The Morgan fingerprint density at radius 2 is 1.68 bits per heavy atom. The second kappa shape index (κ2) is 9.10. The van der Waals surface area contributed by atoms with Crippen LogP contribution >= 0.6 is 11.6 Å². The first-order valence-electron chi connectivity index (χ1n) is 9.99. The molecule has 0 aliphatic carbocycles. The first kappa shape index (κ1) is 20.8. The van der Waals surface area contributed by atoms with E-state index in [0.29, 0.717) is 29.5 Å². The first-order chi connectivity index (χ1) is 15.0. The Kier molecular flexibility index (Phi) is 6.09. The van der Waals surface area contributed by atoms with E-state index in [1.54, 1.807) is 36.1 Å². The number of nitrogens with zero attached hydrogens (tertiary/aromatic N) is 2. The molecule has 31 heavy (non-hydrogen) atoms. The van der Waals surface area contributed by atoms with Crippen LogP contribution in [0.2, 0.25) is 5.02 Å².